The van der Waals surface area contributed by atoms with Crippen LogP contribution in [0.5, 0.6) is 0 Å². The number of aromatic nitrogens is 1. The maximum absolute atomic E-state index is 12.2. The van der Waals surface area contributed by atoms with Crippen molar-refractivity contribution in [3.63, 3.8) is 0 Å². The predicted octanol–water partition coefficient (Wildman–Crippen LogP) is 2.88. The lowest BCUT2D eigenvalue weighted by molar-refractivity contribution is -0.123. The Balaban J connectivity index is 1.47. The highest BCUT2D eigenvalue weighted by molar-refractivity contribution is 6.30. The first-order valence-corrected chi connectivity index (χ1v) is 8.41. The van der Waals surface area contributed by atoms with Crippen molar-refractivity contribution in [2.75, 3.05) is 19.6 Å². The zero-order valence-electron chi connectivity index (χ0n) is 13.3. The van der Waals surface area contributed by atoms with Gasteiger partial charge in [-0.1, -0.05) is 23.7 Å². The number of carbonyl (C=O) groups is 1. The molecule has 0 spiro atoms. The molecule has 3 rings (SSSR count). The van der Waals surface area contributed by atoms with Gasteiger partial charge in [-0.2, -0.15) is 0 Å². The van der Waals surface area contributed by atoms with E-state index in [-0.39, 0.29) is 11.9 Å². The molecule has 0 fully saturated rings. The number of rotatable bonds is 5. The van der Waals surface area contributed by atoms with E-state index in [0.717, 1.165) is 30.1 Å². The number of hydrogen-bond acceptors (Lipinski definition) is 2. The van der Waals surface area contributed by atoms with Crippen LogP contribution in [0.1, 0.15) is 24.2 Å². The van der Waals surface area contributed by atoms with Crippen LogP contribution in [0.2, 0.25) is 5.02 Å². The molecular weight excluding hydrogens is 310 g/mol. The highest BCUT2D eigenvalue weighted by Gasteiger charge is 2.24. The van der Waals surface area contributed by atoms with E-state index in [0.29, 0.717) is 13.1 Å². The third-order valence-corrected chi connectivity index (χ3v) is 4.68. The number of benzene rings is 1. The number of nitrogens with zero attached hydrogens (tertiary/aromatic N) is 2. The molecule has 1 aliphatic rings. The van der Waals surface area contributed by atoms with Gasteiger partial charge in [0.25, 0.3) is 0 Å². The Morgan fingerprint density at radius 2 is 2.17 bits per heavy atom. The highest BCUT2D eigenvalue weighted by Crippen LogP contribution is 2.24. The van der Waals surface area contributed by atoms with Gasteiger partial charge in [0.1, 0.15) is 0 Å². The summed E-state index contributed by atoms with van der Waals surface area (Å²) in [5.74, 6) is 0.0823. The van der Waals surface area contributed by atoms with Gasteiger partial charge in [-0.05, 0) is 43.2 Å². The normalized spacial score (nSPS) is 17.7. The van der Waals surface area contributed by atoms with Crippen molar-refractivity contribution in [2.45, 2.75) is 25.9 Å². The van der Waals surface area contributed by atoms with Gasteiger partial charge in [0.05, 0.1) is 6.54 Å². The van der Waals surface area contributed by atoms with Crippen molar-refractivity contribution in [1.29, 1.82) is 0 Å². The summed E-state index contributed by atoms with van der Waals surface area (Å²) >= 11 is 5.97. The average molecular weight is 332 g/mol. The van der Waals surface area contributed by atoms with Gasteiger partial charge in [0.2, 0.25) is 5.91 Å². The molecule has 0 aliphatic carbocycles. The van der Waals surface area contributed by atoms with Crippen molar-refractivity contribution in [1.82, 2.24) is 14.8 Å². The quantitative estimate of drug-likeness (QED) is 0.914. The molecule has 0 bridgehead atoms. The molecule has 0 radical (unpaired) electrons. The zero-order valence-corrected chi connectivity index (χ0v) is 14.1. The lowest BCUT2D eigenvalue weighted by Crippen LogP contribution is -2.43. The molecular formula is C18H22ClN3O. The van der Waals surface area contributed by atoms with Crippen molar-refractivity contribution in [3.05, 3.63) is 58.9 Å². The van der Waals surface area contributed by atoms with Crippen LogP contribution in [0.15, 0.2) is 42.6 Å². The maximum atomic E-state index is 12.2. The van der Waals surface area contributed by atoms with Crippen LogP contribution in [-0.2, 0) is 17.8 Å². The highest BCUT2D eigenvalue weighted by atomic mass is 35.5. The van der Waals surface area contributed by atoms with Gasteiger partial charge in [0.15, 0.2) is 0 Å². The van der Waals surface area contributed by atoms with Gasteiger partial charge in [-0.25, -0.2) is 0 Å². The number of hydrogen-bond donors (Lipinski definition) is 1. The monoisotopic (exact) mass is 331 g/mol. The second-order valence-electron chi connectivity index (χ2n) is 6.00. The maximum Gasteiger partial charge on any atom is 0.234 e. The SMILES string of the molecule is C[C@H]1c2cccn2CCN1CC(=O)NCCc1cccc(Cl)c1. The first-order chi connectivity index (χ1) is 11.1. The lowest BCUT2D eigenvalue weighted by Gasteiger charge is -2.34. The number of halogens is 1. The summed E-state index contributed by atoms with van der Waals surface area (Å²) in [6, 6.07) is 12.2. The minimum Gasteiger partial charge on any atom is -0.355 e. The van der Waals surface area contributed by atoms with Gasteiger partial charge in [0, 0.05) is 42.6 Å². The summed E-state index contributed by atoms with van der Waals surface area (Å²) in [5.41, 5.74) is 2.42. The summed E-state index contributed by atoms with van der Waals surface area (Å²) in [4.78, 5) is 14.4. The van der Waals surface area contributed by atoms with E-state index in [9.17, 15) is 4.79 Å². The largest absolute Gasteiger partial charge is 0.355 e. The molecule has 23 heavy (non-hydrogen) atoms. The minimum atomic E-state index is 0.0823. The molecule has 1 atom stereocenters. The number of amides is 1. The van der Waals surface area contributed by atoms with Crippen LogP contribution >= 0.6 is 11.6 Å². The topological polar surface area (TPSA) is 37.3 Å². The molecule has 0 unspecified atom stereocenters. The first-order valence-electron chi connectivity index (χ1n) is 8.04. The Morgan fingerprint density at radius 3 is 3.00 bits per heavy atom. The summed E-state index contributed by atoms with van der Waals surface area (Å²) in [6.07, 6.45) is 2.90. The summed E-state index contributed by atoms with van der Waals surface area (Å²) < 4.78 is 2.26. The summed E-state index contributed by atoms with van der Waals surface area (Å²) in [5, 5.41) is 3.74. The summed E-state index contributed by atoms with van der Waals surface area (Å²) in [6.45, 7) is 5.09. The fraction of sp³-hybridized carbons (Fsp3) is 0.389. The van der Waals surface area contributed by atoms with Gasteiger partial charge < -0.3 is 9.88 Å². The molecule has 5 heteroatoms. The Kier molecular flexibility index (Phi) is 5.03. The molecule has 1 amide bonds. The van der Waals surface area contributed by atoms with E-state index in [1.807, 2.05) is 24.3 Å². The smallest absolute Gasteiger partial charge is 0.234 e. The van der Waals surface area contributed by atoms with Crippen LogP contribution < -0.4 is 5.32 Å². The Labute approximate surface area is 142 Å². The van der Waals surface area contributed by atoms with Crippen molar-refractivity contribution in [3.8, 4) is 0 Å². The van der Waals surface area contributed by atoms with Crippen molar-refractivity contribution in [2.24, 2.45) is 0 Å². The van der Waals surface area contributed by atoms with E-state index < -0.39 is 0 Å². The van der Waals surface area contributed by atoms with Crippen molar-refractivity contribution >= 4 is 17.5 Å². The molecule has 1 aromatic heterocycles. The molecule has 0 saturated heterocycles. The van der Waals surface area contributed by atoms with E-state index >= 15 is 0 Å². The second kappa shape index (κ2) is 7.20. The van der Waals surface area contributed by atoms with E-state index in [4.69, 9.17) is 11.6 Å². The number of fused-ring (bicyclic) bond motifs is 1. The average Bonchev–Trinajstić information content (AvgIpc) is 3.00. The van der Waals surface area contributed by atoms with Gasteiger partial charge in [-0.15, -0.1) is 0 Å². The number of carbonyl (C=O) groups excluding carboxylic acids is 1. The Hall–Kier alpha value is -1.78. The minimum absolute atomic E-state index is 0.0823. The van der Waals surface area contributed by atoms with Gasteiger partial charge >= 0.3 is 0 Å². The van der Waals surface area contributed by atoms with Crippen LogP contribution in [-0.4, -0.2) is 35.0 Å². The van der Waals surface area contributed by atoms with Crippen LogP contribution in [0.25, 0.3) is 0 Å². The number of nitrogens with one attached hydrogen (secondary N) is 1. The fourth-order valence-electron chi connectivity index (χ4n) is 3.12. The molecule has 4 nitrogen and oxygen atoms in total. The van der Waals surface area contributed by atoms with Gasteiger partial charge in [-0.3, -0.25) is 9.69 Å². The molecule has 2 aromatic rings. The first kappa shape index (κ1) is 16.1. The molecule has 2 heterocycles. The molecule has 1 aromatic carbocycles. The van der Waals surface area contributed by atoms with Crippen LogP contribution in [0.3, 0.4) is 0 Å². The zero-order chi connectivity index (χ0) is 16.2. The van der Waals surface area contributed by atoms with E-state index in [2.05, 4.69) is 40.0 Å². The second-order valence-corrected chi connectivity index (χ2v) is 6.44. The van der Waals surface area contributed by atoms with E-state index in [1.165, 1.54) is 5.69 Å². The Morgan fingerprint density at radius 1 is 1.30 bits per heavy atom. The lowest BCUT2D eigenvalue weighted by atomic mass is 10.1. The Bertz CT molecular complexity index is 682. The third kappa shape index (κ3) is 3.95. The van der Waals surface area contributed by atoms with Crippen LogP contribution in [0, 0.1) is 0 Å². The third-order valence-electron chi connectivity index (χ3n) is 4.44. The molecule has 122 valence electrons. The fourth-order valence-corrected chi connectivity index (χ4v) is 3.34. The molecule has 1 N–H and O–H groups in total. The van der Waals surface area contributed by atoms with Crippen molar-refractivity contribution < 1.29 is 4.79 Å². The van der Waals surface area contributed by atoms with E-state index in [1.54, 1.807) is 0 Å². The molecule has 0 saturated carbocycles. The predicted molar refractivity (Wildman–Crippen MR) is 92.6 cm³/mol. The summed E-state index contributed by atoms with van der Waals surface area (Å²) in [7, 11) is 0. The van der Waals surface area contributed by atoms with Crippen LogP contribution in [0.4, 0.5) is 0 Å². The standard InChI is InChI=1S/C18H22ClN3O/c1-14-17-6-3-9-21(17)10-11-22(14)13-18(23)20-8-7-15-4-2-5-16(19)12-15/h2-6,9,12,14H,7-8,10-11,13H2,1H3,(H,20,23)/t14-/m0/s1. The molecule has 1 aliphatic heterocycles.